The summed E-state index contributed by atoms with van der Waals surface area (Å²) < 4.78 is 15.4. The van der Waals surface area contributed by atoms with Gasteiger partial charge in [0.05, 0.1) is 12.7 Å². The van der Waals surface area contributed by atoms with Crippen LogP contribution < -0.4 is 5.73 Å². The van der Waals surface area contributed by atoms with Crippen LogP contribution in [0.3, 0.4) is 0 Å². The number of aliphatic carboxylic acids is 1. The summed E-state index contributed by atoms with van der Waals surface area (Å²) in [7, 11) is -4.88. The lowest BCUT2D eigenvalue weighted by atomic mass is 10.2. The number of hydrogen-bond acceptors (Lipinski definition) is 4. The van der Waals surface area contributed by atoms with Crippen LogP contribution in [0, 0.1) is 0 Å². The van der Waals surface area contributed by atoms with Crippen LogP contribution in [0.25, 0.3) is 0 Å². The van der Waals surface area contributed by atoms with Crippen molar-refractivity contribution in [3.05, 3.63) is 12.2 Å². The lowest BCUT2D eigenvalue weighted by molar-refractivity contribution is -0.139. The van der Waals surface area contributed by atoms with E-state index in [-0.39, 0.29) is 0 Å². The highest BCUT2D eigenvalue weighted by atomic mass is 31.2. The van der Waals surface area contributed by atoms with Crippen molar-refractivity contribution in [2.75, 3.05) is 6.61 Å². The van der Waals surface area contributed by atoms with E-state index in [4.69, 9.17) is 25.4 Å². The van der Waals surface area contributed by atoms with Gasteiger partial charge in [-0.2, -0.15) is 0 Å². The number of carboxylic acids is 1. The molecule has 5 N–H and O–H groups in total. The van der Waals surface area contributed by atoms with Gasteiger partial charge < -0.3 is 25.4 Å². The zero-order valence-corrected chi connectivity index (χ0v) is 10.6. The van der Waals surface area contributed by atoms with E-state index < -0.39 is 18.8 Å². The van der Waals surface area contributed by atoms with Gasteiger partial charge in [-0.3, -0.25) is 4.57 Å². The Balaban J connectivity index is 0.000000529. The average molecular weight is 267 g/mol. The van der Waals surface area contributed by atoms with E-state index in [1.54, 1.807) is 6.92 Å². The van der Waals surface area contributed by atoms with E-state index in [0.29, 0.717) is 12.5 Å². The van der Waals surface area contributed by atoms with Crippen LogP contribution in [0.1, 0.15) is 20.3 Å². The maximum Gasteiger partial charge on any atom is 0.360 e. The summed E-state index contributed by atoms with van der Waals surface area (Å²) in [5, 5.41) is 5.92. The van der Waals surface area contributed by atoms with E-state index in [2.05, 4.69) is 6.92 Å². The molecule has 7 nitrogen and oxygen atoms in total. The molecule has 2 atom stereocenters. The van der Waals surface area contributed by atoms with Gasteiger partial charge in [0, 0.05) is 0 Å². The Morgan fingerprint density at radius 2 is 2.06 bits per heavy atom. The number of ether oxygens (including phenoxy) is 1. The van der Waals surface area contributed by atoms with E-state index in [1.165, 1.54) is 6.08 Å². The van der Waals surface area contributed by atoms with Crippen LogP contribution in [0.4, 0.5) is 0 Å². The molecule has 1 rings (SSSR count). The van der Waals surface area contributed by atoms with Crippen molar-refractivity contribution in [3.8, 4) is 0 Å². The van der Waals surface area contributed by atoms with Gasteiger partial charge in [-0.05, 0) is 19.4 Å². The molecule has 0 radical (unpaired) electrons. The number of allylic oxidation sites excluding steroid dienone is 1. The van der Waals surface area contributed by atoms with Crippen LogP contribution in [-0.2, 0) is 14.1 Å². The van der Waals surface area contributed by atoms with Gasteiger partial charge in [0.1, 0.15) is 0 Å². The lowest BCUT2D eigenvalue weighted by Crippen LogP contribution is -2.45. The Morgan fingerprint density at radius 1 is 1.65 bits per heavy atom. The van der Waals surface area contributed by atoms with Crippen LogP contribution in [-0.4, -0.2) is 38.9 Å². The van der Waals surface area contributed by atoms with E-state index in [9.17, 15) is 9.36 Å². The number of epoxide rings is 1. The Morgan fingerprint density at radius 3 is 2.24 bits per heavy atom. The van der Waals surface area contributed by atoms with Crippen molar-refractivity contribution in [3.63, 3.8) is 0 Å². The van der Waals surface area contributed by atoms with Crippen molar-refractivity contribution in [2.24, 2.45) is 5.73 Å². The Bertz CT molecular complexity index is 334. The number of rotatable bonds is 4. The largest absolute Gasteiger partial charge is 0.479 e. The maximum absolute atomic E-state index is 10.7. The predicted octanol–water partition coefficient (Wildman–Crippen LogP) is 0.275. The van der Waals surface area contributed by atoms with Gasteiger partial charge >= 0.3 is 13.6 Å². The summed E-state index contributed by atoms with van der Waals surface area (Å²) in [5.74, 6) is -1.74. The monoisotopic (exact) mass is 267 g/mol. The normalized spacial score (nSPS) is 22.5. The van der Waals surface area contributed by atoms with E-state index in [0.717, 1.165) is 12.7 Å². The molecule has 1 aliphatic rings. The Kier molecular flexibility index (Phi) is 6.01. The molecule has 0 spiro atoms. The number of carboxylic acid groups (broad SMARTS) is 1. The molecule has 100 valence electrons. The van der Waals surface area contributed by atoms with Crippen LogP contribution in [0.2, 0.25) is 0 Å². The summed E-state index contributed by atoms with van der Waals surface area (Å²) in [6, 6.07) is 0. The molecular weight excluding hydrogens is 249 g/mol. The molecule has 0 aromatic heterocycles. The van der Waals surface area contributed by atoms with Gasteiger partial charge in [-0.15, -0.1) is 0 Å². The number of nitrogens with two attached hydrogens (primary N) is 1. The molecule has 1 fully saturated rings. The molecule has 0 aromatic carbocycles. The highest BCUT2D eigenvalue weighted by Gasteiger charge is 2.48. The molecule has 0 aromatic rings. The topological polar surface area (TPSA) is 133 Å². The number of hydrogen-bond donors (Lipinski definition) is 4. The van der Waals surface area contributed by atoms with Gasteiger partial charge in [0.15, 0.2) is 0 Å². The molecule has 17 heavy (non-hydrogen) atoms. The zero-order valence-electron chi connectivity index (χ0n) is 9.74. The second-order valence-electron chi connectivity index (χ2n) is 3.63. The molecule has 1 saturated heterocycles. The minimum atomic E-state index is -4.88. The standard InChI is InChI=1S/C6H12NO5P.C3H6O/c1-2-3-4-6(7,5(8)9)13(10,11)12;1-3-2-4-3/h3-4H,2,7H2,1H3,(H,8,9)(H2,10,11,12);3H,2H2,1H3/b4-3+;. The van der Waals surface area contributed by atoms with Gasteiger partial charge in [-0.1, -0.05) is 13.0 Å². The van der Waals surface area contributed by atoms with Crippen molar-refractivity contribution in [1.29, 1.82) is 0 Å². The molecule has 2 unspecified atom stereocenters. The fraction of sp³-hybridized carbons (Fsp3) is 0.667. The molecule has 0 amide bonds. The van der Waals surface area contributed by atoms with Gasteiger partial charge in [0.2, 0.25) is 5.28 Å². The van der Waals surface area contributed by atoms with Crippen LogP contribution in [0.5, 0.6) is 0 Å². The average Bonchev–Trinajstić information content (AvgIpc) is 2.95. The molecular formula is C9H18NO6P. The fourth-order valence-corrected chi connectivity index (χ4v) is 1.24. The summed E-state index contributed by atoms with van der Waals surface area (Å²) >= 11 is 0. The molecule has 8 heteroatoms. The highest BCUT2D eigenvalue weighted by molar-refractivity contribution is 7.55. The van der Waals surface area contributed by atoms with Crippen molar-refractivity contribution in [1.82, 2.24) is 0 Å². The second-order valence-corrected chi connectivity index (χ2v) is 5.46. The van der Waals surface area contributed by atoms with Gasteiger partial charge in [0.25, 0.3) is 0 Å². The first-order chi connectivity index (χ1) is 7.65. The second kappa shape index (κ2) is 6.28. The van der Waals surface area contributed by atoms with E-state index >= 15 is 0 Å². The third-order valence-electron chi connectivity index (χ3n) is 1.93. The van der Waals surface area contributed by atoms with Crippen molar-refractivity contribution < 1.29 is 29.0 Å². The summed E-state index contributed by atoms with van der Waals surface area (Å²) in [4.78, 5) is 27.9. The maximum atomic E-state index is 10.7. The zero-order chi connectivity index (χ0) is 13.7. The van der Waals surface area contributed by atoms with Crippen molar-refractivity contribution >= 4 is 13.6 Å². The Labute approximate surface area is 99.4 Å². The first kappa shape index (κ1) is 16.3. The molecule has 0 saturated carbocycles. The van der Waals surface area contributed by atoms with Crippen LogP contribution >= 0.6 is 7.60 Å². The summed E-state index contributed by atoms with van der Waals surface area (Å²) in [6.07, 6.45) is 3.15. The summed E-state index contributed by atoms with van der Waals surface area (Å²) in [6.45, 7) is 4.73. The minimum Gasteiger partial charge on any atom is -0.479 e. The summed E-state index contributed by atoms with van der Waals surface area (Å²) in [5.41, 5.74) is 5.05. The van der Waals surface area contributed by atoms with Gasteiger partial charge in [-0.25, -0.2) is 4.79 Å². The van der Waals surface area contributed by atoms with E-state index in [1.807, 2.05) is 0 Å². The molecule has 0 aliphatic carbocycles. The first-order valence-corrected chi connectivity index (χ1v) is 6.63. The molecule has 0 bridgehead atoms. The number of carbonyl (C=O) groups is 1. The quantitative estimate of drug-likeness (QED) is 0.326. The lowest BCUT2D eigenvalue weighted by Gasteiger charge is -2.21. The third kappa shape index (κ3) is 5.43. The minimum absolute atomic E-state index is 0.451. The SMILES string of the molecule is CC/C=C/C(N)(C(=O)O)P(=O)(O)O.CC1CO1. The predicted molar refractivity (Wildman–Crippen MR) is 61.4 cm³/mol. The fourth-order valence-electron chi connectivity index (χ4n) is 0.687. The smallest absolute Gasteiger partial charge is 0.360 e. The third-order valence-corrected chi connectivity index (χ3v) is 3.24. The first-order valence-electron chi connectivity index (χ1n) is 5.02. The molecule has 1 aliphatic heterocycles. The Hall–Kier alpha value is -0.720. The van der Waals surface area contributed by atoms with Crippen molar-refractivity contribution in [2.45, 2.75) is 31.7 Å². The highest BCUT2D eigenvalue weighted by Crippen LogP contribution is 2.48. The van der Waals surface area contributed by atoms with Crippen LogP contribution in [0.15, 0.2) is 12.2 Å². The molecule has 1 heterocycles.